The summed E-state index contributed by atoms with van der Waals surface area (Å²) in [5, 5.41) is 3.57. The molecular formula is C25H28ClOPPtSi. The molecule has 4 rings (SSSR count). The molecular weight excluding hydrogens is 606 g/mol. The molecule has 3 aromatic rings. The van der Waals surface area contributed by atoms with E-state index in [9.17, 15) is 0 Å². The molecule has 30 heavy (non-hydrogen) atoms. The van der Waals surface area contributed by atoms with Crippen LogP contribution in [0.1, 0.15) is 19.3 Å². The first-order valence-corrected chi connectivity index (χ1v) is 15.0. The molecule has 1 unspecified atom stereocenters. The van der Waals surface area contributed by atoms with Gasteiger partial charge in [-0.3, -0.25) is 0 Å². The summed E-state index contributed by atoms with van der Waals surface area (Å²) in [5.41, 5.74) is 2.13. The van der Waals surface area contributed by atoms with E-state index in [1.807, 2.05) is 0 Å². The van der Waals surface area contributed by atoms with Crippen molar-refractivity contribution in [2.45, 2.75) is 24.2 Å². The Hall–Kier alpha value is -1.01. The minimum Gasteiger partial charge on any atom is 0 e. The van der Waals surface area contributed by atoms with Gasteiger partial charge in [0.15, 0.2) is 0 Å². The van der Waals surface area contributed by atoms with Crippen LogP contribution >= 0.6 is 17.2 Å². The Morgan fingerprint density at radius 3 is 1.57 bits per heavy atom. The summed E-state index contributed by atoms with van der Waals surface area (Å²) in [6.45, 7) is 4.93. The summed E-state index contributed by atoms with van der Waals surface area (Å²) in [5.74, 6) is -3.48. The molecule has 1 saturated heterocycles. The number of benzene rings is 3. The maximum atomic E-state index is 8.38. The van der Waals surface area contributed by atoms with Crippen LogP contribution in [0.4, 0.5) is 0 Å². The molecule has 0 radical (unpaired) electrons. The van der Waals surface area contributed by atoms with Crippen molar-refractivity contribution in [3.63, 3.8) is 0 Å². The zero-order valence-electron chi connectivity index (χ0n) is 17.0. The van der Waals surface area contributed by atoms with Gasteiger partial charge in [0.25, 0.3) is 0 Å². The minimum absolute atomic E-state index is 0. The minimum atomic E-state index is -3.48. The topological polar surface area (TPSA) is 9.23 Å². The maximum Gasteiger partial charge on any atom is 0 e. The average Bonchev–Trinajstić information content (AvgIpc) is 2.81. The van der Waals surface area contributed by atoms with Crippen molar-refractivity contribution in [1.82, 2.24) is 0 Å². The van der Waals surface area contributed by atoms with Crippen molar-refractivity contribution in [3.8, 4) is 0 Å². The van der Waals surface area contributed by atoms with Gasteiger partial charge in [-0.1, -0.05) is 0 Å². The van der Waals surface area contributed by atoms with Gasteiger partial charge in [-0.05, 0) is 0 Å². The van der Waals surface area contributed by atoms with E-state index in [-0.39, 0.29) is 21.1 Å². The molecule has 160 valence electrons. The molecule has 0 bridgehead atoms. The fraction of sp³-hybridized carbons (Fsp3) is 0.200. The average molecular weight is 634 g/mol. The zero-order chi connectivity index (χ0) is 20.2. The van der Waals surface area contributed by atoms with Crippen molar-refractivity contribution in [2.24, 2.45) is 0 Å². The predicted molar refractivity (Wildman–Crippen MR) is 132 cm³/mol. The molecule has 0 N–H and O–H groups in total. The first-order chi connectivity index (χ1) is 14.2. The van der Waals surface area contributed by atoms with Crippen molar-refractivity contribution in [2.75, 3.05) is 6.61 Å². The maximum absolute atomic E-state index is 8.38. The molecule has 1 heterocycles. The second-order valence-corrected chi connectivity index (χ2v) is 16.9. The van der Waals surface area contributed by atoms with Gasteiger partial charge in [0.2, 0.25) is 0 Å². The van der Waals surface area contributed by atoms with Gasteiger partial charge in [-0.15, -0.1) is 0 Å². The van der Waals surface area contributed by atoms with Crippen LogP contribution in [0.15, 0.2) is 103 Å². The van der Waals surface area contributed by atoms with E-state index in [0.29, 0.717) is 0 Å². The molecule has 0 saturated carbocycles. The Balaban J connectivity index is 0.00000256. The summed E-state index contributed by atoms with van der Waals surface area (Å²) < 4.78 is 6.85. The molecule has 1 aliphatic heterocycles. The van der Waals surface area contributed by atoms with Crippen molar-refractivity contribution in [1.29, 1.82) is 0 Å². The number of ether oxygens (including phenoxy) is 1. The fourth-order valence-electron chi connectivity index (χ4n) is 5.00. The molecule has 1 atom stereocenters. The Kier molecular flexibility index (Phi) is 7.60. The number of rotatable bonds is 6. The molecule has 1 aliphatic rings. The van der Waals surface area contributed by atoms with Gasteiger partial charge >= 0.3 is 181 Å². The van der Waals surface area contributed by atoms with Crippen molar-refractivity contribution < 1.29 is 25.8 Å². The summed E-state index contributed by atoms with van der Waals surface area (Å²) in [7, 11) is -0.855. The number of hydrogen-bond donors (Lipinski definition) is 0. The molecule has 3 aromatic carbocycles. The Labute approximate surface area is 201 Å². The third kappa shape index (κ3) is 3.42. The molecule has 0 aliphatic carbocycles. The monoisotopic (exact) mass is 633 g/mol. The molecule has 0 aromatic heterocycles. The van der Waals surface area contributed by atoms with E-state index in [0.717, 1.165) is 25.9 Å². The number of hydrogen-bond acceptors (Lipinski definition) is 1. The molecule has 0 amide bonds. The summed E-state index contributed by atoms with van der Waals surface area (Å²) in [4.78, 5) is -0.392. The molecule has 1 nitrogen and oxygen atoms in total. The van der Waals surface area contributed by atoms with Gasteiger partial charge < -0.3 is 0 Å². The van der Waals surface area contributed by atoms with E-state index in [4.69, 9.17) is 16.0 Å². The van der Waals surface area contributed by atoms with Crippen LogP contribution in [0.25, 0.3) is 0 Å². The van der Waals surface area contributed by atoms with Crippen molar-refractivity contribution in [3.05, 3.63) is 103 Å². The van der Waals surface area contributed by atoms with Crippen LogP contribution in [0.2, 0.25) is 0 Å². The van der Waals surface area contributed by atoms with Gasteiger partial charge in [0, 0.05) is 21.1 Å². The van der Waals surface area contributed by atoms with E-state index < -0.39 is 20.4 Å². The summed E-state index contributed by atoms with van der Waals surface area (Å²) in [6.07, 6.45) is 3.21. The van der Waals surface area contributed by atoms with Crippen molar-refractivity contribution >= 4 is 42.6 Å². The second-order valence-electron chi connectivity index (χ2n) is 7.76. The first-order valence-electron chi connectivity index (χ1n) is 10.3. The van der Waals surface area contributed by atoms with Crippen LogP contribution in [0, 0.1) is 0 Å². The molecule has 1 fully saturated rings. The molecule has 0 spiro atoms. The van der Waals surface area contributed by atoms with Gasteiger partial charge in [0.05, 0.1) is 0 Å². The van der Waals surface area contributed by atoms with Crippen LogP contribution < -0.4 is 15.9 Å². The van der Waals surface area contributed by atoms with E-state index in [1.165, 1.54) is 15.9 Å². The second kappa shape index (κ2) is 9.64. The first kappa shape index (κ1) is 23.6. The van der Waals surface area contributed by atoms with Crippen LogP contribution in [0.3, 0.4) is 0 Å². The van der Waals surface area contributed by atoms with E-state index in [1.54, 1.807) is 0 Å². The van der Waals surface area contributed by atoms with Gasteiger partial charge in [0.1, 0.15) is 0 Å². The normalized spacial score (nSPS) is 20.8. The van der Waals surface area contributed by atoms with Crippen LogP contribution in [-0.2, 0) is 25.8 Å². The van der Waals surface area contributed by atoms with Crippen LogP contribution in [0.5, 0.6) is 0 Å². The Morgan fingerprint density at radius 2 is 1.23 bits per heavy atom. The summed E-state index contributed by atoms with van der Waals surface area (Å²) in [6, 6.07) is 32.1. The fourth-order valence-corrected chi connectivity index (χ4v) is 17.0. The largest absolute Gasteiger partial charge is 0 e. The van der Waals surface area contributed by atoms with E-state index >= 15 is 0 Å². The molecule has 5 heteroatoms. The smallest absolute Gasteiger partial charge is 0 e. The SMILES string of the molecule is C=C[SiH2]C1(P(Cl)(c2ccccc2)(c2ccccc2)c2ccccc2)CCCCO1.[Pt]. The standard InChI is InChI=1S/C25H28ClOPSi.Pt/c1-2-29-25(20-12-13-21-27-25)28(26,22-14-6-3-7-15-22,23-16-8-4-9-17-23)24-18-10-5-11-19-24;/h2-11,14-19H,1,12-13,20-21,29H2;. The van der Waals surface area contributed by atoms with Gasteiger partial charge in [-0.25, -0.2) is 0 Å². The third-order valence-corrected chi connectivity index (χ3v) is 19.2. The van der Waals surface area contributed by atoms with E-state index in [2.05, 4.69) is 103 Å². The Bertz CT molecular complexity index is 863. The zero-order valence-corrected chi connectivity index (χ0v) is 22.4. The van der Waals surface area contributed by atoms with Crippen LogP contribution in [-0.4, -0.2) is 21.1 Å². The number of halogens is 1. The third-order valence-electron chi connectivity index (χ3n) is 6.28. The quantitative estimate of drug-likeness (QED) is 0.279. The Morgan fingerprint density at radius 1 is 0.800 bits per heavy atom. The summed E-state index contributed by atoms with van der Waals surface area (Å²) >= 11 is 8.38. The van der Waals surface area contributed by atoms with Gasteiger partial charge in [-0.2, -0.15) is 0 Å². The predicted octanol–water partition coefficient (Wildman–Crippen LogP) is 4.83.